The highest BCUT2D eigenvalue weighted by molar-refractivity contribution is 7.98. The molecule has 3 rings (SSSR count). The van der Waals surface area contributed by atoms with E-state index in [9.17, 15) is 0 Å². The fourth-order valence-corrected chi connectivity index (χ4v) is 3.33. The van der Waals surface area contributed by atoms with Crippen LogP contribution in [0.5, 0.6) is 0 Å². The molecular formula is C19H21N3OS. The van der Waals surface area contributed by atoms with Crippen molar-refractivity contribution in [2.45, 2.75) is 37.2 Å². The Hall–Kier alpha value is -2.27. The summed E-state index contributed by atoms with van der Waals surface area (Å²) >= 11 is 1.67. The predicted molar refractivity (Wildman–Crippen MR) is 98.0 cm³/mol. The van der Waals surface area contributed by atoms with Crippen LogP contribution in [0.3, 0.4) is 0 Å². The Balaban J connectivity index is 1.76. The number of nitrogens with zero attached hydrogens (tertiary/aromatic N) is 3. The molecule has 0 atom stereocenters. The zero-order valence-corrected chi connectivity index (χ0v) is 14.8. The van der Waals surface area contributed by atoms with Gasteiger partial charge in [0, 0.05) is 12.3 Å². The molecule has 0 amide bonds. The van der Waals surface area contributed by atoms with E-state index in [1.165, 1.54) is 11.1 Å². The lowest BCUT2D eigenvalue weighted by Crippen LogP contribution is -2.00. The van der Waals surface area contributed by atoms with E-state index in [4.69, 9.17) is 4.42 Å². The Morgan fingerprint density at radius 2 is 2.00 bits per heavy atom. The molecule has 0 fully saturated rings. The van der Waals surface area contributed by atoms with Crippen molar-refractivity contribution in [2.75, 3.05) is 0 Å². The third-order valence-corrected chi connectivity index (χ3v) is 4.82. The lowest BCUT2D eigenvalue weighted by atomic mass is 10.0. The molecule has 124 valence electrons. The molecule has 0 bridgehead atoms. The van der Waals surface area contributed by atoms with Gasteiger partial charge in [0.2, 0.25) is 5.82 Å². The van der Waals surface area contributed by atoms with Gasteiger partial charge in [-0.3, -0.25) is 4.57 Å². The number of hydrogen-bond acceptors (Lipinski definition) is 4. The molecule has 0 radical (unpaired) electrons. The minimum atomic E-state index is 0.554. The van der Waals surface area contributed by atoms with Gasteiger partial charge < -0.3 is 4.42 Å². The molecule has 1 aromatic carbocycles. The maximum Gasteiger partial charge on any atom is 0.200 e. The number of benzene rings is 1. The molecule has 0 aliphatic rings. The van der Waals surface area contributed by atoms with Crippen LogP contribution in [0.1, 0.15) is 30.9 Å². The number of aromatic nitrogens is 3. The van der Waals surface area contributed by atoms with Crippen LogP contribution >= 0.6 is 11.8 Å². The summed E-state index contributed by atoms with van der Waals surface area (Å²) in [6, 6.07) is 12.5. The molecule has 0 N–H and O–H groups in total. The maximum atomic E-state index is 5.45. The summed E-state index contributed by atoms with van der Waals surface area (Å²) in [5.41, 5.74) is 2.63. The van der Waals surface area contributed by atoms with Gasteiger partial charge in [0.25, 0.3) is 0 Å². The number of hydrogen-bond donors (Lipinski definition) is 0. The van der Waals surface area contributed by atoms with Crippen molar-refractivity contribution in [1.82, 2.24) is 14.8 Å². The Morgan fingerprint density at radius 1 is 1.21 bits per heavy atom. The molecule has 4 nitrogen and oxygen atoms in total. The third kappa shape index (κ3) is 3.62. The summed E-state index contributed by atoms with van der Waals surface area (Å²) in [5, 5.41) is 9.47. The van der Waals surface area contributed by atoms with E-state index < -0.39 is 0 Å². The molecule has 0 unspecified atom stereocenters. The number of allylic oxidation sites excluding steroid dienone is 1. The van der Waals surface area contributed by atoms with Crippen LogP contribution in [0.4, 0.5) is 0 Å². The summed E-state index contributed by atoms with van der Waals surface area (Å²) in [7, 11) is 0. The van der Waals surface area contributed by atoms with Gasteiger partial charge in [0.1, 0.15) is 0 Å². The third-order valence-electron chi connectivity index (χ3n) is 3.78. The molecule has 0 aliphatic heterocycles. The van der Waals surface area contributed by atoms with E-state index in [0.29, 0.717) is 12.5 Å². The van der Waals surface area contributed by atoms with Gasteiger partial charge in [-0.05, 0) is 29.2 Å². The van der Waals surface area contributed by atoms with Crippen LogP contribution in [0, 0.1) is 0 Å². The highest BCUT2D eigenvalue weighted by atomic mass is 32.2. The van der Waals surface area contributed by atoms with Crippen molar-refractivity contribution in [3.63, 3.8) is 0 Å². The van der Waals surface area contributed by atoms with Gasteiger partial charge in [-0.25, -0.2) is 0 Å². The lowest BCUT2D eigenvalue weighted by molar-refractivity contribution is 0.569. The summed E-state index contributed by atoms with van der Waals surface area (Å²) in [5.74, 6) is 2.86. The van der Waals surface area contributed by atoms with Crippen molar-refractivity contribution in [1.29, 1.82) is 0 Å². The average molecular weight is 339 g/mol. The molecule has 24 heavy (non-hydrogen) atoms. The smallest absolute Gasteiger partial charge is 0.200 e. The Morgan fingerprint density at radius 3 is 2.62 bits per heavy atom. The summed E-state index contributed by atoms with van der Waals surface area (Å²) in [6.45, 7) is 8.89. The first-order valence-electron chi connectivity index (χ1n) is 7.98. The van der Waals surface area contributed by atoms with E-state index in [1.807, 2.05) is 22.8 Å². The minimum absolute atomic E-state index is 0.554. The second-order valence-electron chi connectivity index (χ2n) is 5.87. The zero-order chi connectivity index (χ0) is 16.9. The Bertz CT molecular complexity index is 789. The number of thioether (sulfide) groups is 1. The monoisotopic (exact) mass is 339 g/mol. The molecule has 0 aliphatic carbocycles. The van der Waals surface area contributed by atoms with Crippen molar-refractivity contribution in [3.8, 4) is 11.6 Å². The second-order valence-corrected chi connectivity index (χ2v) is 6.81. The Labute approximate surface area is 146 Å². The van der Waals surface area contributed by atoms with Crippen LogP contribution in [0.2, 0.25) is 0 Å². The largest absolute Gasteiger partial charge is 0.461 e. The molecule has 5 heteroatoms. The van der Waals surface area contributed by atoms with Crippen LogP contribution < -0.4 is 0 Å². The first kappa shape index (κ1) is 16.6. The van der Waals surface area contributed by atoms with Gasteiger partial charge in [0.05, 0.1) is 6.26 Å². The SMILES string of the molecule is C=CCn1c(SCc2ccc(C(C)C)cc2)nnc1-c1ccco1. The topological polar surface area (TPSA) is 43.9 Å². The van der Waals surface area contributed by atoms with E-state index in [2.05, 4.69) is 54.9 Å². The number of furan rings is 1. The maximum absolute atomic E-state index is 5.45. The summed E-state index contributed by atoms with van der Waals surface area (Å²) in [6.07, 6.45) is 3.49. The van der Waals surface area contributed by atoms with E-state index in [0.717, 1.165) is 22.5 Å². The molecule has 2 aromatic heterocycles. The van der Waals surface area contributed by atoms with Gasteiger partial charge in [0.15, 0.2) is 10.9 Å². The molecule has 3 aromatic rings. The van der Waals surface area contributed by atoms with Crippen LogP contribution in [-0.2, 0) is 12.3 Å². The molecule has 2 heterocycles. The van der Waals surface area contributed by atoms with Gasteiger partial charge in [-0.2, -0.15) is 0 Å². The fraction of sp³-hybridized carbons (Fsp3) is 0.263. The highest BCUT2D eigenvalue weighted by Gasteiger charge is 2.15. The van der Waals surface area contributed by atoms with Crippen molar-refractivity contribution in [2.24, 2.45) is 0 Å². The van der Waals surface area contributed by atoms with Crippen molar-refractivity contribution in [3.05, 3.63) is 66.4 Å². The normalized spacial score (nSPS) is 11.1. The van der Waals surface area contributed by atoms with Crippen LogP contribution in [-0.4, -0.2) is 14.8 Å². The number of rotatable bonds is 7. The van der Waals surface area contributed by atoms with E-state index in [1.54, 1.807) is 18.0 Å². The van der Waals surface area contributed by atoms with E-state index in [-0.39, 0.29) is 0 Å². The van der Waals surface area contributed by atoms with Gasteiger partial charge in [-0.1, -0.05) is 56.0 Å². The van der Waals surface area contributed by atoms with E-state index >= 15 is 0 Å². The predicted octanol–water partition coefficient (Wildman–Crippen LogP) is 5.14. The quantitative estimate of drug-likeness (QED) is 0.441. The average Bonchev–Trinajstić information content (AvgIpc) is 3.23. The van der Waals surface area contributed by atoms with Crippen molar-refractivity contribution >= 4 is 11.8 Å². The highest BCUT2D eigenvalue weighted by Crippen LogP contribution is 2.27. The molecular weight excluding hydrogens is 318 g/mol. The van der Waals surface area contributed by atoms with Gasteiger partial charge in [-0.15, -0.1) is 16.8 Å². The summed E-state index contributed by atoms with van der Waals surface area (Å²) in [4.78, 5) is 0. The fourth-order valence-electron chi connectivity index (χ4n) is 2.42. The van der Waals surface area contributed by atoms with Crippen LogP contribution in [0.15, 0.2) is 64.9 Å². The minimum Gasteiger partial charge on any atom is -0.461 e. The van der Waals surface area contributed by atoms with Crippen LogP contribution in [0.25, 0.3) is 11.6 Å². The molecule has 0 spiro atoms. The van der Waals surface area contributed by atoms with Gasteiger partial charge >= 0.3 is 0 Å². The van der Waals surface area contributed by atoms with Crippen molar-refractivity contribution < 1.29 is 4.42 Å². The Kier molecular flexibility index (Phi) is 5.20. The first-order chi connectivity index (χ1) is 11.7. The standard InChI is InChI=1S/C19H21N3OS/c1-4-11-22-18(17-6-5-12-23-17)20-21-19(22)24-13-15-7-9-16(10-8-15)14(2)3/h4-10,12,14H,1,11,13H2,2-3H3. The summed E-state index contributed by atoms with van der Waals surface area (Å²) < 4.78 is 7.48. The zero-order valence-electron chi connectivity index (χ0n) is 14.0. The second kappa shape index (κ2) is 7.53. The molecule has 0 saturated carbocycles. The first-order valence-corrected chi connectivity index (χ1v) is 8.97. The molecule has 0 saturated heterocycles. The lowest BCUT2D eigenvalue weighted by Gasteiger charge is -2.08.